The Hall–Kier alpha value is -2.54. The Balaban J connectivity index is 1.54. The fourth-order valence-corrected chi connectivity index (χ4v) is 2.94. The molecule has 1 aromatic carbocycles. The van der Waals surface area contributed by atoms with Crippen molar-refractivity contribution in [3.8, 4) is 5.75 Å². The Labute approximate surface area is 153 Å². The summed E-state index contributed by atoms with van der Waals surface area (Å²) in [7, 11) is 0. The van der Waals surface area contributed by atoms with E-state index in [2.05, 4.69) is 15.5 Å². The summed E-state index contributed by atoms with van der Waals surface area (Å²) in [5.74, 6) is 1.79. The van der Waals surface area contributed by atoms with E-state index in [1.165, 1.54) is 6.42 Å². The van der Waals surface area contributed by atoms with Crippen LogP contribution in [0.4, 0.5) is 0 Å². The van der Waals surface area contributed by atoms with Crippen LogP contribution in [0.25, 0.3) is 5.70 Å². The fraction of sp³-hybridized carbons (Fsp3) is 0.474. The lowest BCUT2D eigenvalue weighted by atomic mass is 10.1. The Kier molecular flexibility index (Phi) is 6.12. The average Bonchev–Trinajstić information content (AvgIpc) is 3.06. The monoisotopic (exact) mass is 358 g/mol. The molecular weight excluding hydrogens is 332 g/mol. The molecule has 1 fully saturated rings. The fourth-order valence-electron chi connectivity index (χ4n) is 2.94. The first-order chi connectivity index (χ1) is 12.6. The maximum Gasteiger partial charge on any atom is 0.264 e. The Morgan fingerprint density at radius 1 is 1.38 bits per heavy atom. The molecule has 0 saturated carbocycles. The number of hydrogen-bond acceptors (Lipinski definition) is 7. The summed E-state index contributed by atoms with van der Waals surface area (Å²) in [6, 6.07) is 5.79. The van der Waals surface area contributed by atoms with Crippen molar-refractivity contribution in [1.82, 2.24) is 15.5 Å². The second-order valence-electron chi connectivity index (χ2n) is 6.50. The van der Waals surface area contributed by atoms with Gasteiger partial charge in [-0.2, -0.15) is 4.98 Å². The number of nitrogens with zero attached hydrogens (tertiary/aromatic N) is 2. The molecule has 1 unspecified atom stereocenters. The molecule has 3 N–H and O–H groups in total. The lowest BCUT2D eigenvalue weighted by Gasteiger charge is -2.22. The van der Waals surface area contributed by atoms with Crippen LogP contribution in [0.2, 0.25) is 0 Å². The molecule has 7 heteroatoms. The molecule has 0 aliphatic carbocycles. The smallest absolute Gasteiger partial charge is 0.264 e. The van der Waals surface area contributed by atoms with Gasteiger partial charge >= 0.3 is 0 Å². The van der Waals surface area contributed by atoms with Crippen LogP contribution < -0.4 is 15.8 Å². The summed E-state index contributed by atoms with van der Waals surface area (Å²) in [5, 5.41) is 7.01. The van der Waals surface area contributed by atoms with Crippen molar-refractivity contribution >= 4 is 5.70 Å². The molecule has 0 bridgehead atoms. The highest BCUT2D eigenvalue weighted by Crippen LogP contribution is 2.21. The van der Waals surface area contributed by atoms with E-state index in [0.29, 0.717) is 17.4 Å². The highest BCUT2D eigenvalue weighted by atomic mass is 16.5. The van der Waals surface area contributed by atoms with Gasteiger partial charge in [-0.3, -0.25) is 0 Å². The zero-order chi connectivity index (χ0) is 18.4. The maximum atomic E-state index is 6.21. The zero-order valence-corrected chi connectivity index (χ0v) is 15.3. The van der Waals surface area contributed by atoms with Crippen LogP contribution in [-0.2, 0) is 11.3 Å². The summed E-state index contributed by atoms with van der Waals surface area (Å²) in [6.07, 6.45) is 5.62. The lowest BCUT2D eigenvalue weighted by molar-refractivity contribution is 0.0188. The molecule has 0 radical (unpaired) electrons. The summed E-state index contributed by atoms with van der Waals surface area (Å²) in [5.41, 5.74) is 8.92. The van der Waals surface area contributed by atoms with Crippen LogP contribution in [0.5, 0.6) is 5.75 Å². The standard InChI is InChI=1S/C19H26N4O3/c1-13-9-15(25-12-19-22-14(2)23-26-19)6-7-17(13)18(20)11-21-10-16-5-3-4-8-24-16/h6-7,9,11,16,21H,3-5,8,10,12,20H2,1-2H3/b18-11-. The van der Waals surface area contributed by atoms with Crippen molar-refractivity contribution < 1.29 is 14.0 Å². The van der Waals surface area contributed by atoms with Crippen LogP contribution >= 0.6 is 0 Å². The van der Waals surface area contributed by atoms with E-state index in [-0.39, 0.29) is 12.7 Å². The van der Waals surface area contributed by atoms with Crippen LogP contribution in [-0.4, -0.2) is 29.4 Å². The Bertz CT molecular complexity index is 751. The van der Waals surface area contributed by atoms with Crippen molar-refractivity contribution in [1.29, 1.82) is 0 Å². The lowest BCUT2D eigenvalue weighted by Crippen LogP contribution is -2.29. The largest absolute Gasteiger partial charge is 0.484 e. The van der Waals surface area contributed by atoms with E-state index in [1.54, 1.807) is 6.92 Å². The van der Waals surface area contributed by atoms with Gasteiger partial charge in [0.25, 0.3) is 5.89 Å². The van der Waals surface area contributed by atoms with Gasteiger partial charge in [-0.05, 0) is 56.9 Å². The number of aromatic nitrogens is 2. The Morgan fingerprint density at radius 3 is 2.96 bits per heavy atom. The van der Waals surface area contributed by atoms with Gasteiger partial charge < -0.3 is 25.0 Å². The van der Waals surface area contributed by atoms with Crippen molar-refractivity contribution in [2.24, 2.45) is 5.73 Å². The van der Waals surface area contributed by atoms with E-state index in [1.807, 2.05) is 31.3 Å². The van der Waals surface area contributed by atoms with Crippen LogP contribution in [0.3, 0.4) is 0 Å². The first kappa shape index (κ1) is 18.3. The van der Waals surface area contributed by atoms with Gasteiger partial charge in [0.15, 0.2) is 12.4 Å². The second kappa shape index (κ2) is 8.71. The highest BCUT2D eigenvalue weighted by molar-refractivity contribution is 5.66. The Morgan fingerprint density at radius 2 is 2.27 bits per heavy atom. The minimum absolute atomic E-state index is 0.244. The SMILES string of the molecule is Cc1noc(COc2ccc(/C(N)=C/NCC3CCCCO3)c(C)c2)n1. The minimum Gasteiger partial charge on any atom is -0.484 e. The van der Waals surface area contributed by atoms with Crippen LogP contribution in [0.15, 0.2) is 28.9 Å². The summed E-state index contributed by atoms with van der Waals surface area (Å²) >= 11 is 0. The number of rotatable bonds is 7. The third kappa shape index (κ3) is 4.98. The number of nitrogens with two attached hydrogens (primary N) is 1. The first-order valence-corrected chi connectivity index (χ1v) is 8.95. The zero-order valence-electron chi connectivity index (χ0n) is 15.3. The third-order valence-corrected chi connectivity index (χ3v) is 4.32. The second-order valence-corrected chi connectivity index (χ2v) is 6.50. The van der Waals surface area contributed by atoms with Crippen molar-refractivity contribution in [2.45, 2.75) is 45.8 Å². The van der Waals surface area contributed by atoms with E-state index in [9.17, 15) is 0 Å². The third-order valence-electron chi connectivity index (χ3n) is 4.32. The summed E-state index contributed by atoms with van der Waals surface area (Å²) in [6.45, 7) is 5.66. The van der Waals surface area contributed by atoms with Gasteiger partial charge in [-0.15, -0.1) is 0 Å². The molecule has 0 amide bonds. The summed E-state index contributed by atoms with van der Waals surface area (Å²) in [4.78, 5) is 4.12. The topological polar surface area (TPSA) is 95.4 Å². The van der Waals surface area contributed by atoms with E-state index >= 15 is 0 Å². The van der Waals surface area contributed by atoms with E-state index in [4.69, 9.17) is 19.7 Å². The molecule has 2 heterocycles. The van der Waals surface area contributed by atoms with Crippen LogP contribution in [0, 0.1) is 13.8 Å². The van der Waals surface area contributed by atoms with Gasteiger partial charge in [0.1, 0.15) is 5.75 Å². The van der Waals surface area contributed by atoms with E-state index in [0.717, 1.165) is 42.9 Å². The molecular formula is C19H26N4O3. The molecule has 1 aromatic heterocycles. The van der Waals surface area contributed by atoms with Crippen molar-refractivity contribution in [2.75, 3.05) is 13.2 Å². The number of benzene rings is 1. The van der Waals surface area contributed by atoms with Gasteiger partial charge in [-0.1, -0.05) is 5.16 Å². The van der Waals surface area contributed by atoms with Gasteiger partial charge in [0.05, 0.1) is 11.8 Å². The first-order valence-electron chi connectivity index (χ1n) is 8.95. The molecule has 1 atom stereocenters. The van der Waals surface area contributed by atoms with Gasteiger partial charge in [0.2, 0.25) is 0 Å². The molecule has 0 spiro atoms. The molecule has 1 saturated heterocycles. The normalized spacial score (nSPS) is 17.9. The molecule has 140 valence electrons. The quantitative estimate of drug-likeness (QED) is 0.785. The number of hydrogen-bond donors (Lipinski definition) is 2. The molecule has 1 aliphatic rings. The number of nitrogens with one attached hydrogen (secondary N) is 1. The molecule has 7 nitrogen and oxygen atoms in total. The molecule has 3 rings (SSSR count). The average molecular weight is 358 g/mol. The van der Waals surface area contributed by atoms with E-state index < -0.39 is 0 Å². The van der Waals surface area contributed by atoms with Crippen molar-refractivity contribution in [3.05, 3.63) is 47.2 Å². The number of ether oxygens (including phenoxy) is 2. The van der Waals surface area contributed by atoms with Crippen LogP contribution in [0.1, 0.15) is 42.1 Å². The minimum atomic E-state index is 0.244. The molecule has 2 aromatic rings. The summed E-state index contributed by atoms with van der Waals surface area (Å²) < 4.78 is 16.4. The van der Waals surface area contributed by atoms with Gasteiger partial charge in [0, 0.05) is 24.9 Å². The highest BCUT2D eigenvalue weighted by Gasteiger charge is 2.12. The predicted octanol–water partition coefficient (Wildman–Crippen LogP) is 2.68. The number of aryl methyl sites for hydroxylation is 2. The predicted molar refractivity (Wildman–Crippen MR) is 98.3 cm³/mol. The van der Waals surface area contributed by atoms with Crippen molar-refractivity contribution in [3.63, 3.8) is 0 Å². The molecule has 1 aliphatic heterocycles. The molecule has 26 heavy (non-hydrogen) atoms. The maximum absolute atomic E-state index is 6.21. The van der Waals surface area contributed by atoms with Gasteiger partial charge in [-0.25, -0.2) is 0 Å².